The summed E-state index contributed by atoms with van der Waals surface area (Å²) >= 11 is 3.04. The summed E-state index contributed by atoms with van der Waals surface area (Å²) in [5, 5.41) is 4.96. The SMILES string of the molecule is COc1ccc(C)cc1NC(=O)CSc1nc(C(C)(C)C)cs1. The van der Waals surface area contributed by atoms with Crippen molar-refractivity contribution < 1.29 is 9.53 Å². The van der Waals surface area contributed by atoms with E-state index in [1.807, 2.05) is 25.1 Å². The van der Waals surface area contributed by atoms with Gasteiger partial charge in [0, 0.05) is 10.8 Å². The number of amides is 1. The third-order valence-electron chi connectivity index (χ3n) is 3.21. The quantitative estimate of drug-likeness (QED) is 0.807. The first kappa shape index (κ1) is 17.8. The normalized spacial score (nSPS) is 11.3. The van der Waals surface area contributed by atoms with E-state index in [1.165, 1.54) is 11.8 Å². The number of hydrogen-bond acceptors (Lipinski definition) is 5. The van der Waals surface area contributed by atoms with Crippen molar-refractivity contribution in [2.24, 2.45) is 0 Å². The Morgan fingerprint density at radius 3 is 2.74 bits per heavy atom. The lowest BCUT2D eigenvalue weighted by Gasteiger charge is -2.14. The summed E-state index contributed by atoms with van der Waals surface area (Å²) < 4.78 is 6.19. The van der Waals surface area contributed by atoms with Gasteiger partial charge in [-0.1, -0.05) is 38.6 Å². The standard InChI is InChI=1S/C17H22N2O2S2/c1-11-6-7-13(21-5)12(8-11)18-15(20)10-23-16-19-14(9-22-16)17(2,3)4/h6-9H,10H2,1-5H3,(H,18,20). The molecular weight excluding hydrogens is 328 g/mol. The van der Waals surface area contributed by atoms with Crippen molar-refractivity contribution in [3.8, 4) is 5.75 Å². The minimum absolute atomic E-state index is 0.0342. The molecule has 2 aromatic rings. The van der Waals surface area contributed by atoms with Crippen LogP contribution in [0.15, 0.2) is 27.9 Å². The molecule has 0 atom stereocenters. The molecule has 0 aliphatic heterocycles. The number of thioether (sulfide) groups is 1. The highest BCUT2D eigenvalue weighted by Gasteiger charge is 2.18. The number of aryl methyl sites for hydroxylation is 1. The monoisotopic (exact) mass is 350 g/mol. The molecule has 0 bridgehead atoms. The molecule has 0 saturated carbocycles. The van der Waals surface area contributed by atoms with Gasteiger partial charge in [0.25, 0.3) is 0 Å². The third kappa shape index (κ3) is 4.97. The average molecular weight is 351 g/mol. The Balaban J connectivity index is 1.95. The van der Waals surface area contributed by atoms with E-state index in [9.17, 15) is 4.79 Å². The highest BCUT2D eigenvalue weighted by molar-refractivity contribution is 8.01. The number of benzene rings is 1. The lowest BCUT2D eigenvalue weighted by atomic mass is 9.93. The lowest BCUT2D eigenvalue weighted by Crippen LogP contribution is -2.15. The highest BCUT2D eigenvalue weighted by Crippen LogP contribution is 2.30. The number of rotatable bonds is 5. The van der Waals surface area contributed by atoms with E-state index in [2.05, 4.69) is 36.5 Å². The van der Waals surface area contributed by atoms with Crippen LogP contribution in [0.5, 0.6) is 5.75 Å². The van der Waals surface area contributed by atoms with E-state index in [1.54, 1.807) is 18.4 Å². The molecule has 2 rings (SSSR count). The summed E-state index contributed by atoms with van der Waals surface area (Å²) in [7, 11) is 1.60. The zero-order chi connectivity index (χ0) is 17.0. The van der Waals surface area contributed by atoms with Gasteiger partial charge < -0.3 is 10.1 Å². The van der Waals surface area contributed by atoms with E-state index in [-0.39, 0.29) is 11.3 Å². The number of carbonyl (C=O) groups excluding carboxylic acids is 1. The number of hydrogen-bond donors (Lipinski definition) is 1. The Hall–Kier alpha value is -1.53. The first-order valence-corrected chi connectivity index (χ1v) is 9.19. The zero-order valence-corrected chi connectivity index (χ0v) is 15.7. The predicted octanol–water partition coefficient (Wildman–Crippen LogP) is 4.49. The van der Waals surface area contributed by atoms with Crippen LogP contribution in [0.25, 0.3) is 0 Å². The molecule has 124 valence electrons. The van der Waals surface area contributed by atoms with Crippen molar-refractivity contribution in [1.82, 2.24) is 4.98 Å². The van der Waals surface area contributed by atoms with Gasteiger partial charge in [-0.15, -0.1) is 11.3 Å². The summed E-state index contributed by atoms with van der Waals surface area (Å²) in [6.45, 7) is 8.38. The average Bonchev–Trinajstić information content (AvgIpc) is 2.94. The fraction of sp³-hybridized carbons (Fsp3) is 0.412. The van der Waals surface area contributed by atoms with Crippen LogP contribution >= 0.6 is 23.1 Å². The van der Waals surface area contributed by atoms with Crippen LogP contribution in [0.2, 0.25) is 0 Å². The molecule has 0 fully saturated rings. The molecule has 6 heteroatoms. The van der Waals surface area contributed by atoms with Crippen LogP contribution < -0.4 is 10.1 Å². The van der Waals surface area contributed by atoms with Crippen LogP contribution in [0.3, 0.4) is 0 Å². The number of carbonyl (C=O) groups is 1. The summed E-state index contributed by atoms with van der Waals surface area (Å²) in [4.78, 5) is 16.7. The van der Waals surface area contributed by atoms with Crippen molar-refractivity contribution in [3.63, 3.8) is 0 Å². The second kappa shape index (κ2) is 7.36. The van der Waals surface area contributed by atoms with Gasteiger partial charge in [0.15, 0.2) is 4.34 Å². The smallest absolute Gasteiger partial charge is 0.234 e. The molecule has 4 nitrogen and oxygen atoms in total. The lowest BCUT2D eigenvalue weighted by molar-refractivity contribution is -0.113. The molecule has 0 saturated heterocycles. The largest absolute Gasteiger partial charge is 0.495 e. The van der Waals surface area contributed by atoms with E-state index >= 15 is 0 Å². The van der Waals surface area contributed by atoms with Gasteiger partial charge >= 0.3 is 0 Å². The summed E-state index contributed by atoms with van der Waals surface area (Å²) in [5.41, 5.74) is 2.87. The van der Waals surface area contributed by atoms with Crippen LogP contribution in [0.4, 0.5) is 5.69 Å². The van der Waals surface area contributed by atoms with E-state index in [0.29, 0.717) is 17.2 Å². The van der Waals surface area contributed by atoms with Crippen molar-refractivity contribution in [2.75, 3.05) is 18.2 Å². The van der Waals surface area contributed by atoms with E-state index in [4.69, 9.17) is 4.74 Å². The first-order valence-electron chi connectivity index (χ1n) is 7.33. The van der Waals surface area contributed by atoms with Gasteiger partial charge in [-0.05, 0) is 24.6 Å². The van der Waals surface area contributed by atoms with Gasteiger partial charge in [0.1, 0.15) is 5.75 Å². The van der Waals surface area contributed by atoms with Crippen molar-refractivity contribution in [3.05, 3.63) is 34.8 Å². The number of nitrogens with zero attached hydrogens (tertiary/aromatic N) is 1. The molecule has 1 N–H and O–H groups in total. The van der Waals surface area contributed by atoms with Crippen LogP contribution in [0, 0.1) is 6.92 Å². The Morgan fingerprint density at radius 2 is 2.13 bits per heavy atom. The maximum absolute atomic E-state index is 12.2. The number of ether oxygens (including phenoxy) is 1. The molecule has 0 unspecified atom stereocenters. The molecule has 1 aromatic carbocycles. The molecule has 1 aromatic heterocycles. The minimum atomic E-state index is -0.0635. The first-order chi connectivity index (χ1) is 10.8. The van der Waals surface area contributed by atoms with Gasteiger partial charge in [0.05, 0.1) is 24.2 Å². The Bertz CT molecular complexity index is 690. The van der Waals surface area contributed by atoms with Gasteiger partial charge in [0.2, 0.25) is 5.91 Å². The Morgan fingerprint density at radius 1 is 1.39 bits per heavy atom. The third-order valence-corrected chi connectivity index (χ3v) is 5.23. The second-order valence-corrected chi connectivity index (χ2v) is 8.37. The van der Waals surface area contributed by atoms with Crippen molar-refractivity contribution in [1.29, 1.82) is 0 Å². The zero-order valence-electron chi connectivity index (χ0n) is 14.1. The van der Waals surface area contributed by atoms with Crippen LogP contribution in [0.1, 0.15) is 32.0 Å². The van der Waals surface area contributed by atoms with Gasteiger partial charge in [-0.3, -0.25) is 4.79 Å². The van der Waals surface area contributed by atoms with Crippen molar-refractivity contribution >= 4 is 34.7 Å². The van der Waals surface area contributed by atoms with Crippen LogP contribution in [-0.2, 0) is 10.2 Å². The topological polar surface area (TPSA) is 51.2 Å². The highest BCUT2D eigenvalue weighted by atomic mass is 32.2. The fourth-order valence-electron chi connectivity index (χ4n) is 1.90. The number of aromatic nitrogens is 1. The number of methoxy groups -OCH3 is 1. The number of anilines is 1. The number of nitrogens with one attached hydrogen (secondary N) is 1. The number of thiazole rings is 1. The molecule has 0 aliphatic carbocycles. The molecule has 0 radical (unpaired) electrons. The molecule has 23 heavy (non-hydrogen) atoms. The summed E-state index contributed by atoms with van der Waals surface area (Å²) in [5.74, 6) is 0.929. The summed E-state index contributed by atoms with van der Waals surface area (Å²) in [6, 6.07) is 5.71. The molecule has 1 amide bonds. The molecule has 1 heterocycles. The Labute approximate surface area is 145 Å². The molecule has 0 spiro atoms. The van der Waals surface area contributed by atoms with E-state index < -0.39 is 0 Å². The van der Waals surface area contributed by atoms with Gasteiger partial charge in [-0.25, -0.2) is 4.98 Å². The fourth-order valence-corrected chi connectivity index (χ4v) is 3.75. The Kier molecular flexibility index (Phi) is 5.70. The van der Waals surface area contributed by atoms with E-state index in [0.717, 1.165) is 15.6 Å². The second-order valence-electron chi connectivity index (χ2n) is 6.29. The molecule has 0 aliphatic rings. The van der Waals surface area contributed by atoms with Gasteiger partial charge in [-0.2, -0.15) is 0 Å². The molecular formula is C17H22N2O2S2. The van der Waals surface area contributed by atoms with Crippen LogP contribution in [-0.4, -0.2) is 23.8 Å². The maximum atomic E-state index is 12.2. The maximum Gasteiger partial charge on any atom is 0.234 e. The minimum Gasteiger partial charge on any atom is -0.495 e. The van der Waals surface area contributed by atoms with Crippen molar-refractivity contribution in [2.45, 2.75) is 37.4 Å². The predicted molar refractivity (Wildman–Crippen MR) is 97.9 cm³/mol. The summed E-state index contributed by atoms with van der Waals surface area (Å²) in [6.07, 6.45) is 0.